The number of nitrogens with zero attached hydrogens (tertiary/aromatic N) is 2. The second-order valence-corrected chi connectivity index (χ2v) is 4.91. The molecule has 2 aromatic rings. The van der Waals surface area contributed by atoms with E-state index in [9.17, 15) is 0 Å². The van der Waals surface area contributed by atoms with E-state index in [1.54, 1.807) is 13.3 Å². The van der Waals surface area contributed by atoms with Crippen molar-refractivity contribution >= 4 is 0 Å². The second kappa shape index (κ2) is 6.18. The minimum atomic E-state index is 0.0897. The maximum absolute atomic E-state index is 6.01. The van der Waals surface area contributed by atoms with Gasteiger partial charge >= 0.3 is 0 Å². The lowest BCUT2D eigenvalue weighted by Gasteiger charge is -2.16. The van der Waals surface area contributed by atoms with E-state index in [1.807, 2.05) is 28.9 Å². The molecule has 1 aromatic heterocycles. The van der Waals surface area contributed by atoms with Gasteiger partial charge in [-0.25, -0.2) is 0 Å². The normalized spacial score (nSPS) is 17.9. The SMILES string of the molecule is [CH2]Cn1nccc1-c1ccc(OC)c(O[C@@H]2CCOC2)c1. The summed E-state index contributed by atoms with van der Waals surface area (Å²) in [5, 5.41) is 4.25. The van der Waals surface area contributed by atoms with Crippen LogP contribution >= 0.6 is 0 Å². The van der Waals surface area contributed by atoms with Crippen molar-refractivity contribution in [2.45, 2.75) is 19.1 Å². The van der Waals surface area contributed by atoms with Gasteiger partial charge in [0.1, 0.15) is 6.10 Å². The van der Waals surface area contributed by atoms with Crippen LogP contribution in [0.3, 0.4) is 0 Å². The molecule has 0 unspecified atom stereocenters. The van der Waals surface area contributed by atoms with Crippen molar-refractivity contribution in [2.75, 3.05) is 20.3 Å². The molecule has 3 rings (SSSR count). The lowest BCUT2D eigenvalue weighted by molar-refractivity contribution is 0.138. The highest BCUT2D eigenvalue weighted by Gasteiger charge is 2.19. The molecule has 0 spiro atoms. The van der Waals surface area contributed by atoms with E-state index in [1.165, 1.54) is 0 Å². The summed E-state index contributed by atoms with van der Waals surface area (Å²) in [4.78, 5) is 0. The smallest absolute Gasteiger partial charge is 0.162 e. The van der Waals surface area contributed by atoms with Crippen molar-refractivity contribution in [2.24, 2.45) is 0 Å². The first-order valence-electron chi connectivity index (χ1n) is 7.05. The van der Waals surface area contributed by atoms with Gasteiger partial charge < -0.3 is 14.2 Å². The fourth-order valence-electron chi connectivity index (χ4n) is 2.47. The molecular weight excluding hydrogens is 268 g/mol. The molecule has 5 heteroatoms. The lowest BCUT2D eigenvalue weighted by Crippen LogP contribution is -2.16. The summed E-state index contributed by atoms with van der Waals surface area (Å²) in [6, 6.07) is 7.87. The molecule has 5 nitrogen and oxygen atoms in total. The number of hydrogen-bond donors (Lipinski definition) is 0. The van der Waals surface area contributed by atoms with Gasteiger partial charge in [0.25, 0.3) is 0 Å². The largest absolute Gasteiger partial charge is 0.493 e. The first-order chi connectivity index (χ1) is 10.3. The fraction of sp³-hybridized carbons (Fsp3) is 0.375. The van der Waals surface area contributed by atoms with Gasteiger partial charge in [-0.15, -0.1) is 0 Å². The second-order valence-electron chi connectivity index (χ2n) is 4.91. The lowest BCUT2D eigenvalue weighted by atomic mass is 10.1. The van der Waals surface area contributed by atoms with Gasteiger partial charge in [-0.3, -0.25) is 4.68 Å². The van der Waals surface area contributed by atoms with E-state index in [4.69, 9.17) is 14.2 Å². The average Bonchev–Trinajstić information content (AvgIpc) is 3.18. The van der Waals surface area contributed by atoms with E-state index in [0.717, 1.165) is 35.8 Å². The number of benzene rings is 1. The number of hydrogen-bond acceptors (Lipinski definition) is 4. The molecule has 1 fully saturated rings. The zero-order valence-electron chi connectivity index (χ0n) is 12.1. The number of ether oxygens (including phenoxy) is 3. The molecule has 1 radical (unpaired) electrons. The fourth-order valence-corrected chi connectivity index (χ4v) is 2.47. The Morgan fingerprint density at radius 1 is 1.38 bits per heavy atom. The molecule has 0 saturated carbocycles. The van der Waals surface area contributed by atoms with Crippen LogP contribution in [0.2, 0.25) is 0 Å². The molecule has 1 aliphatic rings. The average molecular weight is 287 g/mol. The van der Waals surface area contributed by atoms with Crippen LogP contribution in [0, 0.1) is 6.92 Å². The molecule has 0 amide bonds. The van der Waals surface area contributed by atoms with Crippen LogP contribution in [0.1, 0.15) is 6.42 Å². The molecule has 1 aromatic carbocycles. The molecule has 1 saturated heterocycles. The van der Waals surface area contributed by atoms with Crippen molar-refractivity contribution in [1.29, 1.82) is 0 Å². The molecule has 1 aliphatic heterocycles. The van der Waals surface area contributed by atoms with Crippen LogP contribution in [-0.4, -0.2) is 36.2 Å². The van der Waals surface area contributed by atoms with Crippen molar-refractivity contribution in [3.63, 3.8) is 0 Å². The zero-order valence-corrected chi connectivity index (χ0v) is 12.1. The molecule has 111 valence electrons. The Morgan fingerprint density at radius 2 is 2.29 bits per heavy atom. The Bertz CT molecular complexity index is 603. The molecule has 1 atom stereocenters. The summed E-state index contributed by atoms with van der Waals surface area (Å²) in [6.45, 7) is 5.85. The highest BCUT2D eigenvalue weighted by atomic mass is 16.6. The Hall–Kier alpha value is -2.01. The number of aromatic nitrogens is 2. The van der Waals surface area contributed by atoms with Crippen LogP contribution in [0.15, 0.2) is 30.5 Å². The van der Waals surface area contributed by atoms with Crippen molar-refractivity contribution in [1.82, 2.24) is 9.78 Å². The Balaban J connectivity index is 1.92. The highest BCUT2D eigenvalue weighted by Crippen LogP contribution is 2.34. The monoisotopic (exact) mass is 287 g/mol. The van der Waals surface area contributed by atoms with E-state index >= 15 is 0 Å². The molecular formula is C16H19N2O3. The summed E-state index contributed by atoms with van der Waals surface area (Å²) in [6.07, 6.45) is 2.77. The van der Waals surface area contributed by atoms with Crippen LogP contribution in [0.25, 0.3) is 11.3 Å². The van der Waals surface area contributed by atoms with Crippen LogP contribution < -0.4 is 9.47 Å². The Morgan fingerprint density at radius 3 is 3.00 bits per heavy atom. The van der Waals surface area contributed by atoms with Gasteiger partial charge in [0.15, 0.2) is 11.5 Å². The van der Waals surface area contributed by atoms with Crippen LogP contribution in [0.4, 0.5) is 0 Å². The van der Waals surface area contributed by atoms with Crippen molar-refractivity contribution in [3.05, 3.63) is 37.4 Å². The van der Waals surface area contributed by atoms with Crippen LogP contribution in [-0.2, 0) is 11.3 Å². The van der Waals surface area contributed by atoms with E-state index in [2.05, 4.69) is 12.0 Å². The maximum atomic E-state index is 6.01. The third kappa shape index (κ3) is 2.88. The van der Waals surface area contributed by atoms with Crippen LogP contribution in [0.5, 0.6) is 11.5 Å². The van der Waals surface area contributed by atoms with Gasteiger partial charge in [0.2, 0.25) is 0 Å². The van der Waals surface area contributed by atoms with Gasteiger partial charge in [0.05, 0.1) is 26.0 Å². The Labute approximate surface area is 124 Å². The predicted octanol–water partition coefficient (Wildman–Crippen LogP) is 2.56. The Kier molecular flexibility index (Phi) is 4.10. The highest BCUT2D eigenvalue weighted by molar-refractivity contribution is 5.64. The third-order valence-corrected chi connectivity index (χ3v) is 3.57. The predicted molar refractivity (Wildman–Crippen MR) is 79.4 cm³/mol. The van der Waals surface area contributed by atoms with Gasteiger partial charge in [-0.1, -0.05) is 0 Å². The summed E-state index contributed by atoms with van der Waals surface area (Å²) >= 11 is 0. The first kappa shape index (κ1) is 13.9. The standard InChI is InChI=1S/C16H19N2O3/c1-3-18-14(6-8-17-18)12-4-5-15(19-2)16(10-12)21-13-7-9-20-11-13/h4-6,8,10,13H,1,3,7,9,11H2,2H3/t13-/m1/s1. The van der Waals surface area contributed by atoms with Gasteiger partial charge in [0, 0.05) is 24.7 Å². The molecule has 21 heavy (non-hydrogen) atoms. The first-order valence-corrected chi connectivity index (χ1v) is 7.05. The number of methoxy groups -OCH3 is 1. The third-order valence-electron chi connectivity index (χ3n) is 3.57. The summed E-state index contributed by atoms with van der Waals surface area (Å²) in [7, 11) is 1.65. The summed E-state index contributed by atoms with van der Waals surface area (Å²) < 4.78 is 18.6. The van der Waals surface area contributed by atoms with Crippen molar-refractivity contribution < 1.29 is 14.2 Å². The quantitative estimate of drug-likeness (QED) is 0.848. The van der Waals surface area contributed by atoms with E-state index in [0.29, 0.717) is 13.2 Å². The maximum Gasteiger partial charge on any atom is 0.162 e. The minimum Gasteiger partial charge on any atom is -0.493 e. The summed E-state index contributed by atoms with van der Waals surface area (Å²) in [5.74, 6) is 1.47. The number of rotatable bonds is 5. The molecule has 0 aliphatic carbocycles. The van der Waals surface area contributed by atoms with E-state index in [-0.39, 0.29) is 6.10 Å². The topological polar surface area (TPSA) is 45.5 Å². The van der Waals surface area contributed by atoms with Gasteiger partial charge in [-0.2, -0.15) is 5.10 Å². The molecule has 0 bridgehead atoms. The zero-order chi connectivity index (χ0) is 14.7. The minimum absolute atomic E-state index is 0.0897. The van der Waals surface area contributed by atoms with Crippen molar-refractivity contribution in [3.8, 4) is 22.8 Å². The van der Waals surface area contributed by atoms with Gasteiger partial charge in [-0.05, 0) is 31.2 Å². The summed E-state index contributed by atoms with van der Waals surface area (Å²) in [5.41, 5.74) is 2.05. The molecule has 2 heterocycles. The van der Waals surface area contributed by atoms with E-state index < -0.39 is 0 Å². The molecule has 0 N–H and O–H groups in total.